The number of morpholine rings is 1. The second-order valence-corrected chi connectivity index (χ2v) is 8.38. The van der Waals surface area contributed by atoms with E-state index in [1.54, 1.807) is 11.8 Å². The molecule has 0 saturated carbocycles. The lowest BCUT2D eigenvalue weighted by molar-refractivity contribution is 0.122. The number of nitrogen functional groups attached to an aromatic ring is 1. The van der Waals surface area contributed by atoms with Gasteiger partial charge in [-0.15, -0.1) is 6.58 Å². The summed E-state index contributed by atoms with van der Waals surface area (Å²) in [4.78, 5) is 12.9. The first kappa shape index (κ1) is 21.2. The summed E-state index contributed by atoms with van der Waals surface area (Å²) in [5.74, 6) is 1.58. The quantitative estimate of drug-likeness (QED) is 0.313. The van der Waals surface area contributed by atoms with Crippen LogP contribution in [0.2, 0.25) is 0 Å². The van der Waals surface area contributed by atoms with Crippen LogP contribution < -0.4 is 16.0 Å². The Balaban J connectivity index is 1.51. The van der Waals surface area contributed by atoms with Crippen molar-refractivity contribution in [3.63, 3.8) is 0 Å². The van der Waals surface area contributed by atoms with E-state index in [2.05, 4.69) is 41.1 Å². The molecule has 1 aliphatic heterocycles. The molecule has 2 heterocycles. The Hall–Kier alpha value is -3.03. The fraction of sp³-hybridized carbons (Fsp3) is 0.250. The van der Waals surface area contributed by atoms with Crippen molar-refractivity contribution in [2.24, 2.45) is 0 Å². The third kappa shape index (κ3) is 5.99. The molecule has 31 heavy (non-hydrogen) atoms. The molecular formula is C24H27N5OS. The molecule has 3 N–H and O–H groups in total. The first-order chi connectivity index (χ1) is 15.2. The van der Waals surface area contributed by atoms with Gasteiger partial charge >= 0.3 is 0 Å². The summed E-state index contributed by atoms with van der Waals surface area (Å²) in [6.45, 7) is 7.87. The number of hydrogen-bond acceptors (Lipinski definition) is 7. The van der Waals surface area contributed by atoms with E-state index in [9.17, 15) is 0 Å². The summed E-state index contributed by atoms with van der Waals surface area (Å²) in [6.07, 6.45) is 2.49. The number of nitrogens with two attached hydrogens (primary N) is 1. The van der Waals surface area contributed by atoms with E-state index in [1.807, 2.05) is 36.4 Å². The van der Waals surface area contributed by atoms with Gasteiger partial charge in [-0.3, -0.25) is 0 Å². The van der Waals surface area contributed by atoms with Crippen molar-refractivity contribution < 1.29 is 4.74 Å². The molecule has 1 saturated heterocycles. The van der Waals surface area contributed by atoms with E-state index in [0.717, 1.165) is 53.6 Å². The maximum absolute atomic E-state index is 5.80. The van der Waals surface area contributed by atoms with E-state index < -0.39 is 0 Å². The van der Waals surface area contributed by atoms with Gasteiger partial charge in [-0.25, -0.2) is 9.97 Å². The van der Waals surface area contributed by atoms with Crippen molar-refractivity contribution in [2.45, 2.75) is 16.3 Å². The fourth-order valence-corrected chi connectivity index (χ4v) is 4.19. The van der Waals surface area contributed by atoms with Gasteiger partial charge in [0.1, 0.15) is 16.7 Å². The Labute approximate surface area is 187 Å². The Morgan fingerprint density at radius 1 is 1.06 bits per heavy atom. The van der Waals surface area contributed by atoms with Gasteiger partial charge in [-0.05, 0) is 42.0 Å². The Kier molecular flexibility index (Phi) is 7.07. The first-order valence-corrected chi connectivity index (χ1v) is 11.2. The maximum atomic E-state index is 5.80. The summed E-state index contributed by atoms with van der Waals surface area (Å²) in [6, 6.07) is 18.4. The molecule has 0 amide bonds. The third-order valence-corrected chi connectivity index (χ3v) is 5.88. The van der Waals surface area contributed by atoms with Crippen molar-refractivity contribution in [1.29, 1.82) is 0 Å². The minimum atomic E-state index is 0.649. The molecule has 0 bridgehead atoms. The van der Waals surface area contributed by atoms with Crippen LogP contribution in [0.1, 0.15) is 11.4 Å². The summed E-state index contributed by atoms with van der Waals surface area (Å²) >= 11 is 1.60. The highest BCUT2D eigenvalue weighted by Crippen LogP contribution is 2.28. The topological polar surface area (TPSA) is 76.3 Å². The SMILES string of the molecule is C=CCNc1cc(Sc2ccc(N)cc2)nc(Cc2ccc(N3CCOCC3)cc2)n1. The van der Waals surface area contributed by atoms with Gasteiger partial charge in [-0.1, -0.05) is 30.0 Å². The third-order valence-electron chi connectivity index (χ3n) is 4.95. The maximum Gasteiger partial charge on any atom is 0.136 e. The standard InChI is InChI=1S/C24H27N5OS/c1-2-11-26-22-17-24(31-21-9-5-19(25)6-10-21)28-23(27-22)16-18-3-7-20(8-4-18)29-12-14-30-15-13-29/h2-10,17H,1,11-16,25H2,(H,26,27,28). The molecule has 0 radical (unpaired) electrons. The number of ether oxygens (including phenoxy) is 1. The average molecular weight is 434 g/mol. The second kappa shape index (κ2) is 10.3. The van der Waals surface area contributed by atoms with Gasteiger partial charge < -0.3 is 20.7 Å². The van der Waals surface area contributed by atoms with Crippen LogP contribution in [0.15, 0.2) is 77.2 Å². The van der Waals surface area contributed by atoms with Crippen LogP contribution in [0.5, 0.6) is 0 Å². The van der Waals surface area contributed by atoms with E-state index in [-0.39, 0.29) is 0 Å². The Morgan fingerprint density at radius 3 is 2.52 bits per heavy atom. The highest BCUT2D eigenvalue weighted by atomic mass is 32.2. The molecule has 1 aliphatic rings. The number of aromatic nitrogens is 2. The number of benzene rings is 2. The van der Waals surface area contributed by atoms with Crippen molar-refractivity contribution in [3.8, 4) is 0 Å². The normalized spacial score (nSPS) is 13.7. The monoisotopic (exact) mass is 433 g/mol. The van der Waals surface area contributed by atoms with E-state index in [1.165, 1.54) is 11.3 Å². The molecule has 2 aromatic carbocycles. The van der Waals surface area contributed by atoms with Crippen LogP contribution in [0, 0.1) is 0 Å². The summed E-state index contributed by atoms with van der Waals surface area (Å²) in [5, 5.41) is 4.18. The predicted octanol–water partition coefficient (Wildman–Crippen LogP) is 4.24. The van der Waals surface area contributed by atoms with Crippen LogP contribution in [-0.4, -0.2) is 42.8 Å². The van der Waals surface area contributed by atoms with Gasteiger partial charge in [0.2, 0.25) is 0 Å². The highest BCUT2D eigenvalue weighted by Gasteiger charge is 2.12. The van der Waals surface area contributed by atoms with Crippen LogP contribution >= 0.6 is 11.8 Å². The molecule has 6 nitrogen and oxygen atoms in total. The number of nitrogens with one attached hydrogen (secondary N) is 1. The van der Waals surface area contributed by atoms with Crippen molar-refractivity contribution in [3.05, 3.63) is 78.6 Å². The van der Waals surface area contributed by atoms with Gasteiger partial charge in [-0.2, -0.15) is 0 Å². The molecule has 0 atom stereocenters. The molecule has 160 valence electrons. The van der Waals surface area contributed by atoms with E-state index in [4.69, 9.17) is 20.4 Å². The smallest absolute Gasteiger partial charge is 0.136 e. The largest absolute Gasteiger partial charge is 0.399 e. The van der Waals surface area contributed by atoms with Gasteiger partial charge in [0.15, 0.2) is 0 Å². The van der Waals surface area contributed by atoms with Gasteiger partial charge in [0.05, 0.1) is 13.2 Å². The van der Waals surface area contributed by atoms with Crippen LogP contribution in [0.4, 0.5) is 17.2 Å². The average Bonchev–Trinajstić information content (AvgIpc) is 2.80. The predicted molar refractivity (Wildman–Crippen MR) is 128 cm³/mol. The zero-order chi connectivity index (χ0) is 21.5. The molecule has 0 spiro atoms. The molecular weight excluding hydrogens is 406 g/mol. The van der Waals surface area contributed by atoms with E-state index >= 15 is 0 Å². The number of anilines is 3. The fourth-order valence-electron chi connectivity index (χ4n) is 3.36. The van der Waals surface area contributed by atoms with Gasteiger partial charge in [0.25, 0.3) is 0 Å². The highest BCUT2D eigenvalue weighted by molar-refractivity contribution is 7.99. The number of nitrogens with zero attached hydrogens (tertiary/aromatic N) is 3. The lowest BCUT2D eigenvalue weighted by Crippen LogP contribution is -2.36. The first-order valence-electron chi connectivity index (χ1n) is 10.4. The Bertz CT molecular complexity index is 1000. The summed E-state index contributed by atoms with van der Waals surface area (Å²) in [5.41, 5.74) is 8.97. The summed E-state index contributed by atoms with van der Waals surface area (Å²) in [7, 11) is 0. The van der Waals surface area contributed by atoms with Crippen LogP contribution in [0.25, 0.3) is 0 Å². The molecule has 3 aromatic rings. The van der Waals surface area contributed by atoms with Crippen molar-refractivity contribution in [2.75, 3.05) is 48.8 Å². The molecule has 1 aromatic heterocycles. The molecule has 4 rings (SSSR count). The molecule has 7 heteroatoms. The zero-order valence-electron chi connectivity index (χ0n) is 17.5. The zero-order valence-corrected chi connectivity index (χ0v) is 18.3. The molecule has 0 unspecified atom stereocenters. The summed E-state index contributed by atoms with van der Waals surface area (Å²) < 4.78 is 5.44. The second-order valence-electron chi connectivity index (χ2n) is 7.29. The molecule has 1 fully saturated rings. The van der Waals surface area contributed by atoms with Crippen LogP contribution in [-0.2, 0) is 11.2 Å². The lowest BCUT2D eigenvalue weighted by Gasteiger charge is -2.28. The number of rotatable bonds is 8. The Morgan fingerprint density at radius 2 is 1.81 bits per heavy atom. The lowest BCUT2D eigenvalue weighted by atomic mass is 10.1. The van der Waals surface area contributed by atoms with Crippen LogP contribution in [0.3, 0.4) is 0 Å². The minimum Gasteiger partial charge on any atom is -0.399 e. The van der Waals surface area contributed by atoms with Crippen molar-refractivity contribution >= 4 is 29.0 Å². The van der Waals surface area contributed by atoms with Gasteiger partial charge in [0, 0.05) is 48.4 Å². The minimum absolute atomic E-state index is 0.649. The number of hydrogen-bond donors (Lipinski definition) is 2. The van der Waals surface area contributed by atoms with Crippen molar-refractivity contribution in [1.82, 2.24) is 9.97 Å². The molecule has 0 aliphatic carbocycles. The van der Waals surface area contributed by atoms with E-state index in [0.29, 0.717) is 13.0 Å².